The highest BCUT2D eigenvalue weighted by Gasteiger charge is 2.23. The summed E-state index contributed by atoms with van der Waals surface area (Å²) in [6.45, 7) is 2.75. The van der Waals surface area contributed by atoms with E-state index in [0.717, 1.165) is 12.5 Å². The maximum Gasteiger partial charge on any atom is 0.273 e. The van der Waals surface area contributed by atoms with Gasteiger partial charge in [-0.3, -0.25) is 19.6 Å². The second-order valence-corrected chi connectivity index (χ2v) is 9.92. The summed E-state index contributed by atoms with van der Waals surface area (Å²) in [5.41, 5.74) is 2.01. The molecule has 0 unspecified atom stereocenters. The van der Waals surface area contributed by atoms with E-state index in [4.69, 9.17) is 0 Å². The van der Waals surface area contributed by atoms with Crippen molar-refractivity contribution in [3.63, 3.8) is 0 Å². The third kappa shape index (κ3) is 4.30. The van der Waals surface area contributed by atoms with Gasteiger partial charge in [-0.1, -0.05) is 6.07 Å². The number of rotatable bonds is 5. The van der Waals surface area contributed by atoms with Crippen LogP contribution >= 0.6 is 11.3 Å². The number of nitrogens with zero attached hydrogens (tertiary/aromatic N) is 2. The third-order valence-corrected chi connectivity index (χ3v) is 7.57. The zero-order chi connectivity index (χ0) is 22.2. The van der Waals surface area contributed by atoms with Crippen LogP contribution < -0.4 is 4.72 Å². The number of sulfonamides is 1. The normalized spacial score (nSPS) is 13.5. The zero-order valence-electron chi connectivity index (χ0n) is 16.6. The first-order valence-corrected chi connectivity index (χ1v) is 11.8. The molecule has 0 spiro atoms. The van der Waals surface area contributed by atoms with E-state index in [1.165, 1.54) is 34.7 Å². The fraction of sp³-hybridized carbons (Fsp3) is 0.190. The molecule has 1 N–H and O–H groups in total. The third-order valence-electron chi connectivity index (χ3n) is 5.17. The standard InChI is InChI=1S/C21H19N3O5S2/c1-14-2-7-18(12-19(14)24(26)27)31(28,29)22-17-5-3-15(4-6-17)21(25)23-10-8-20-16(13-23)9-11-30-20/h2-7,9,11-12,22H,8,10,13H2,1H3. The first-order valence-electron chi connectivity index (χ1n) is 9.47. The van der Waals surface area contributed by atoms with Crippen molar-refractivity contribution in [3.8, 4) is 0 Å². The largest absolute Gasteiger partial charge is 0.334 e. The van der Waals surface area contributed by atoms with Crippen LogP contribution in [0.1, 0.15) is 26.4 Å². The number of anilines is 1. The van der Waals surface area contributed by atoms with Crippen molar-refractivity contribution in [2.24, 2.45) is 0 Å². The van der Waals surface area contributed by atoms with Crippen LogP contribution in [-0.4, -0.2) is 30.7 Å². The maximum atomic E-state index is 12.8. The minimum Gasteiger partial charge on any atom is -0.334 e. The predicted molar refractivity (Wildman–Crippen MR) is 118 cm³/mol. The molecule has 0 aliphatic carbocycles. The average molecular weight is 458 g/mol. The molecule has 0 fully saturated rings. The molecule has 2 heterocycles. The number of carbonyl (C=O) groups is 1. The molecular weight excluding hydrogens is 438 g/mol. The van der Waals surface area contributed by atoms with E-state index in [1.807, 2.05) is 11.4 Å². The lowest BCUT2D eigenvalue weighted by Crippen LogP contribution is -2.35. The van der Waals surface area contributed by atoms with Crippen LogP contribution in [0.25, 0.3) is 0 Å². The molecule has 1 aliphatic heterocycles. The van der Waals surface area contributed by atoms with Crippen LogP contribution in [-0.2, 0) is 23.0 Å². The minimum atomic E-state index is -4.02. The highest BCUT2D eigenvalue weighted by atomic mass is 32.2. The molecule has 0 atom stereocenters. The van der Waals surface area contributed by atoms with Gasteiger partial charge in [-0.05, 0) is 60.7 Å². The van der Waals surface area contributed by atoms with Gasteiger partial charge < -0.3 is 4.90 Å². The lowest BCUT2D eigenvalue weighted by Gasteiger charge is -2.27. The van der Waals surface area contributed by atoms with Crippen LogP contribution in [0.5, 0.6) is 0 Å². The molecule has 1 aliphatic rings. The van der Waals surface area contributed by atoms with Crippen molar-refractivity contribution in [3.05, 3.63) is 85.6 Å². The Balaban J connectivity index is 1.49. The summed E-state index contributed by atoms with van der Waals surface area (Å²) >= 11 is 1.70. The SMILES string of the molecule is Cc1ccc(S(=O)(=O)Nc2ccc(C(=O)N3CCc4sccc4C3)cc2)cc1[N+](=O)[O-]. The fourth-order valence-corrected chi connectivity index (χ4v) is 5.42. The van der Waals surface area contributed by atoms with Gasteiger partial charge >= 0.3 is 0 Å². The number of nitro benzene ring substituents is 1. The Labute approximate surface area is 183 Å². The van der Waals surface area contributed by atoms with Crippen molar-refractivity contribution in [2.45, 2.75) is 24.8 Å². The molecule has 3 aromatic rings. The molecule has 0 bridgehead atoms. The number of nitrogens with one attached hydrogen (secondary N) is 1. The van der Waals surface area contributed by atoms with Crippen molar-refractivity contribution in [1.29, 1.82) is 0 Å². The fourth-order valence-electron chi connectivity index (χ4n) is 3.45. The summed E-state index contributed by atoms with van der Waals surface area (Å²) in [5.74, 6) is -0.111. The average Bonchev–Trinajstić information content (AvgIpc) is 3.21. The van der Waals surface area contributed by atoms with Gasteiger partial charge in [-0.2, -0.15) is 0 Å². The van der Waals surface area contributed by atoms with Crippen molar-refractivity contribution >= 4 is 38.6 Å². The Morgan fingerprint density at radius 3 is 2.61 bits per heavy atom. The molecule has 0 saturated heterocycles. The summed E-state index contributed by atoms with van der Waals surface area (Å²) in [7, 11) is -4.02. The lowest BCUT2D eigenvalue weighted by atomic mass is 10.1. The molecule has 10 heteroatoms. The molecule has 0 saturated carbocycles. The number of benzene rings is 2. The Morgan fingerprint density at radius 2 is 1.90 bits per heavy atom. The van der Waals surface area contributed by atoms with E-state index in [2.05, 4.69) is 4.72 Å². The number of hydrogen-bond donors (Lipinski definition) is 1. The van der Waals surface area contributed by atoms with Crippen LogP contribution in [0.15, 0.2) is 58.8 Å². The highest BCUT2D eigenvalue weighted by Crippen LogP contribution is 2.26. The Bertz CT molecular complexity index is 1270. The molecule has 31 heavy (non-hydrogen) atoms. The van der Waals surface area contributed by atoms with Gasteiger partial charge in [0.05, 0.1) is 9.82 Å². The molecule has 2 aromatic carbocycles. The van der Waals surface area contributed by atoms with Gasteiger partial charge in [0.1, 0.15) is 0 Å². The number of fused-ring (bicyclic) bond motifs is 1. The molecule has 4 rings (SSSR count). The highest BCUT2D eigenvalue weighted by molar-refractivity contribution is 7.92. The molecule has 8 nitrogen and oxygen atoms in total. The van der Waals surface area contributed by atoms with E-state index in [-0.39, 0.29) is 22.2 Å². The molecule has 1 amide bonds. The number of hydrogen-bond acceptors (Lipinski definition) is 6. The maximum absolute atomic E-state index is 12.8. The molecular formula is C21H19N3O5S2. The predicted octanol–water partition coefficient (Wildman–Crippen LogP) is 3.96. The van der Waals surface area contributed by atoms with E-state index < -0.39 is 14.9 Å². The summed E-state index contributed by atoms with van der Waals surface area (Å²) < 4.78 is 27.7. The quantitative estimate of drug-likeness (QED) is 0.461. The summed E-state index contributed by atoms with van der Waals surface area (Å²) in [4.78, 5) is 26.2. The Hall–Kier alpha value is -3.24. The van der Waals surface area contributed by atoms with Crippen molar-refractivity contribution in [2.75, 3.05) is 11.3 Å². The van der Waals surface area contributed by atoms with E-state index in [9.17, 15) is 23.3 Å². The van der Waals surface area contributed by atoms with E-state index in [1.54, 1.807) is 35.3 Å². The van der Waals surface area contributed by atoms with E-state index >= 15 is 0 Å². The smallest absolute Gasteiger partial charge is 0.273 e. The van der Waals surface area contributed by atoms with E-state index in [0.29, 0.717) is 24.2 Å². The van der Waals surface area contributed by atoms with Gasteiger partial charge in [0.2, 0.25) is 0 Å². The second-order valence-electron chi connectivity index (χ2n) is 7.23. The molecule has 1 aromatic heterocycles. The zero-order valence-corrected chi connectivity index (χ0v) is 18.2. The van der Waals surface area contributed by atoms with Gasteiger partial charge in [-0.25, -0.2) is 8.42 Å². The van der Waals surface area contributed by atoms with Crippen LogP contribution in [0.3, 0.4) is 0 Å². The van der Waals surface area contributed by atoms with Crippen molar-refractivity contribution < 1.29 is 18.1 Å². The first-order chi connectivity index (χ1) is 14.7. The van der Waals surface area contributed by atoms with Crippen LogP contribution in [0, 0.1) is 17.0 Å². The van der Waals surface area contributed by atoms with Gasteiger partial charge in [0.25, 0.3) is 21.6 Å². The second kappa shape index (κ2) is 8.12. The lowest BCUT2D eigenvalue weighted by molar-refractivity contribution is -0.385. The molecule has 160 valence electrons. The number of amides is 1. The monoisotopic (exact) mass is 457 g/mol. The summed E-state index contributed by atoms with van der Waals surface area (Å²) in [5, 5.41) is 13.1. The number of thiophene rings is 1. The van der Waals surface area contributed by atoms with Crippen LogP contribution in [0.4, 0.5) is 11.4 Å². The van der Waals surface area contributed by atoms with Crippen LogP contribution in [0.2, 0.25) is 0 Å². The van der Waals surface area contributed by atoms with Gasteiger partial charge in [0, 0.05) is 40.8 Å². The summed E-state index contributed by atoms with van der Waals surface area (Å²) in [6.07, 6.45) is 0.833. The van der Waals surface area contributed by atoms with Crippen molar-refractivity contribution in [1.82, 2.24) is 4.90 Å². The van der Waals surface area contributed by atoms with Gasteiger partial charge in [0.15, 0.2) is 0 Å². The topological polar surface area (TPSA) is 110 Å². The minimum absolute atomic E-state index is 0.111. The Kier molecular flexibility index (Phi) is 5.50. The molecule has 0 radical (unpaired) electrons. The first kappa shape index (κ1) is 21.0. The summed E-state index contributed by atoms with van der Waals surface area (Å²) in [6, 6.07) is 11.9. The number of aryl methyl sites for hydroxylation is 1. The number of nitro groups is 1. The number of carbonyl (C=O) groups excluding carboxylic acids is 1. The Morgan fingerprint density at radius 1 is 1.16 bits per heavy atom. The van der Waals surface area contributed by atoms with Gasteiger partial charge in [-0.15, -0.1) is 11.3 Å².